The van der Waals surface area contributed by atoms with Crippen molar-refractivity contribution in [1.82, 2.24) is 9.91 Å². The molecule has 0 spiro atoms. The Labute approximate surface area is 195 Å². The number of anilines is 1. The third-order valence-corrected chi connectivity index (χ3v) is 6.11. The van der Waals surface area contributed by atoms with Gasteiger partial charge in [-0.1, -0.05) is 11.6 Å². The van der Waals surface area contributed by atoms with Crippen molar-refractivity contribution < 1.29 is 18.4 Å². The number of furan rings is 2. The molecule has 2 amide bonds. The van der Waals surface area contributed by atoms with E-state index in [1.165, 1.54) is 5.01 Å². The van der Waals surface area contributed by atoms with E-state index in [-0.39, 0.29) is 24.4 Å². The van der Waals surface area contributed by atoms with Gasteiger partial charge in [0.2, 0.25) is 0 Å². The fourth-order valence-electron chi connectivity index (χ4n) is 4.22. The molecule has 33 heavy (non-hydrogen) atoms. The van der Waals surface area contributed by atoms with E-state index in [0.29, 0.717) is 39.9 Å². The Balaban J connectivity index is 1.35. The van der Waals surface area contributed by atoms with Crippen LogP contribution in [0, 0.1) is 0 Å². The number of nitrogens with zero attached hydrogens (tertiary/aromatic N) is 3. The van der Waals surface area contributed by atoms with Crippen LogP contribution in [-0.2, 0) is 4.79 Å². The highest BCUT2D eigenvalue weighted by molar-refractivity contribution is 6.31. The third kappa shape index (κ3) is 4.39. The molecule has 5 rings (SSSR count). The van der Waals surface area contributed by atoms with Gasteiger partial charge in [-0.2, -0.15) is 5.10 Å². The summed E-state index contributed by atoms with van der Waals surface area (Å²) in [5, 5.41) is 9.53. The Kier molecular flexibility index (Phi) is 5.92. The second-order valence-electron chi connectivity index (χ2n) is 8.04. The Bertz CT molecular complexity index is 1170. The largest absolute Gasteiger partial charge is 0.467 e. The van der Waals surface area contributed by atoms with Crippen LogP contribution in [0.1, 0.15) is 47.2 Å². The first kappa shape index (κ1) is 21.3. The van der Waals surface area contributed by atoms with E-state index in [9.17, 15) is 9.59 Å². The predicted molar refractivity (Wildman–Crippen MR) is 123 cm³/mol. The summed E-state index contributed by atoms with van der Waals surface area (Å²) in [7, 11) is 0. The number of hydrogen-bond donors (Lipinski definition) is 1. The van der Waals surface area contributed by atoms with Crippen LogP contribution >= 0.6 is 11.6 Å². The van der Waals surface area contributed by atoms with Crippen molar-refractivity contribution in [3.05, 3.63) is 77.1 Å². The molecule has 1 N–H and O–H groups in total. The molecule has 1 saturated heterocycles. The molecule has 2 aliphatic rings. The van der Waals surface area contributed by atoms with Gasteiger partial charge in [-0.25, -0.2) is 5.01 Å². The van der Waals surface area contributed by atoms with E-state index in [2.05, 4.69) is 10.4 Å². The first-order chi connectivity index (χ1) is 16.1. The van der Waals surface area contributed by atoms with Gasteiger partial charge in [0, 0.05) is 30.2 Å². The molecule has 1 aromatic carbocycles. The summed E-state index contributed by atoms with van der Waals surface area (Å²) in [4.78, 5) is 28.0. The van der Waals surface area contributed by atoms with Gasteiger partial charge >= 0.3 is 0 Å². The number of amides is 2. The standard InChI is InChI=1S/C24H23ClN4O4/c25-16-7-8-18(17(13-16)24(31)28-9-1-2-10-28)26-15-23(30)29-20(22-6-4-12-33-22)14-19(27-29)21-5-3-11-32-21/h3-8,11-13,20,26H,1-2,9-10,14-15H2. The molecule has 0 aliphatic carbocycles. The summed E-state index contributed by atoms with van der Waals surface area (Å²) in [5.41, 5.74) is 1.70. The third-order valence-electron chi connectivity index (χ3n) is 5.88. The maximum absolute atomic E-state index is 13.2. The van der Waals surface area contributed by atoms with E-state index in [1.807, 2.05) is 17.0 Å². The van der Waals surface area contributed by atoms with Gasteiger partial charge in [0.05, 0.1) is 24.6 Å². The summed E-state index contributed by atoms with van der Waals surface area (Å²) >= 11 is 6.16. The summed E-state index contributed by atoms with van der Waals surface area (Å²) < 4.78 is 11.0. The quantitative estimate of drug-likeness (QED) is 0.575. The van der Waals surface area contributed by atoms with Crippen molar-refractivity contribution in [2.45, 2.75) is 25.3 Å². The second-order valence-corrected chi connectivity index (χ2v) is 8.48. The zero-order valence-corrected chi connectivity index (χ0v) is 18.6. The number of likely N-dealkylation sites (tertiary alicyclic amines) is 1. The highest BCUT2D eigenvalue weighted by atomic mass is 35.5. The number of carbonyl (C=O) groups is 2. The lowest BCUT2D eigenvalue weighted by molar-refractivity contribution is -0.131. The van der Waals surface area contributed by atoms with Crippen LogP contribution in [0.2, 0.25) is 5.02 Å². The van der Waals surface area contributed by atoms with Crippen LogP contribution in [0.25, 0.3) is 0 Å². The highest BCUT2D eigenvalue weighted by Crippen LogP contribution is 2.33. The SMILES string of the molecule is O=C(c1cc(Cl)ccc1NCC(=O)N1N=C(c2ccco2)CC1c1ccco1)N1CCCC1. The molecule has 2 aliphatic heterocycles. The zero-order valence-electron chi connectivity index (χ0n) is 17.9. The molecule has 4 heterocycles. The van der Waals surface area contributed by atoms with Crippen molar-refractivity contribution >= 4 is 34.8 Å². The summed E-state index contributed by atoms with van der Waals surface area (Å²) in [6, 6.07) is 11.9. The lowest BCUT2D eigenvalue weighted by Crippen LogP contribution is -2.33. The van der Waals surface area contributed by atoms with Crippen molar-refractivity contribution in [3.8, 4) is 0 Å². The average Bonchev–Trinajstić information content (AvgIpc) is 3.64. The molecule has 3 aromatic rings. The predicted octanol–water partition coefficient (Wildman–Crippen LogP) is 4.55. The van der Waals surface area contributed by atoms with Crippen molar-refractivity contribution in [1.29, 1.82) is 0 Å². The van der Waals surface area contributed by atoms with Crippen LogP contribution in [-0.4, -0.2) is 47.1 Å². The molecule has 0 bridgehead atoms. The normalized spacial score (nSPS) is 18.0. The van der Waals surface area contributed by atoms with Gasteiger partial charge in [-0.15, -0.1) is 0 Å². The summed E-state index contributed by atoms with van der Waals surface area (Å²) in [6.07, 6.45) is 5.61. The van der Waals surface area contributed by atoms with Crippen molar-refractivity contribution in [2.24, 2.45) is 5.10 Å². The van der Waals surface area contributed by atoms with Crippen LogP contribution in [0.5, 0.6) is 0 Å². The molecular weight excluding hydrogens is 444 g/mol. The van der Waals surface area contributed by atoms with E-state index < -0.39 is 0 Å². The van der Waals surface area contributed by atoms with E-state index in [0.717, 1.165) is 25.9 Å². The number of carbonyl (C=O) groups excluding carboxylic acids is 2. The Morgan fingerprint density at radius 1 is 1.09 bits per heavy atom. The Morgan fingerprint density at radius 3 is 2.61 bits per heavy atom. The lowest BCUT2D eigenvalue weighted by Gasteiger charge is -2.21. The fraction of sp³-hybridized carbons (Fsp3) is 0.292. The monoisotopic (exact) mass is 466 g/mol. The van der Waals surface area contributed by atoms with E-state index in [4.69, 9.17) is 20.4 Å². The maximum atomic E-state index is 13.2. The zero-order chi connectivity index (χ0) is 22.8. The minimum Gasteiger partial charge on any atom is -0.467 e. The highest BCUT2D eigenvalue weighted by Gasteiger charge is 2.35. The van der Waals surface area contributed by atoms with Gasteiger partial charge in [0.1, 0.15) is 23.3 Å². The number of hydrogen-bond acceptors (Lipinski definition) is 6. The average molecular weight is 467 g/mol. The van der Waals surface area contributed by atoms with Gasteiger partial charge in [0.15, 0.2) is 0 Å². The van der Waals surface area contributed by atoms with E-state index >= 15 is 0 Å². The van der Waals surface area contributed by atoms with Crippen LogP contribution in [0.3, 0.4) is 0 Å². The van der Waals surface area contributed by atoms with E-state index in [1.54, 1.807) is 42.9 Å². The molecule has 0 radical (unpaired) electrons. The number of halogens is 1. The molecule has 8 nitrogen and oxygen atoms in total. The molecule has 1 atom stereocenters. The maximum Gasteiger partial charge on any atom is 0.262 e. The first-order valence-electron chi connectivity index (χ1n) is 10.9. The molecule has 170 valence electrons. The molecule has 9 heteroatoms. The van der Waals surface area contributed by atoms with Gasteiger partial charge in [-0.3, -0.25) is 9.59 Å². The summed E-state index contributed by atoms with van der Waals surface area (Å²) in [5.74, 6) is 0.918. The minimum atomic E-state index is -0.370. The van der Waals surface area contributed by atoms with Crippen LogP contribution in [0.4, 0.5) is 5.69 Å². The molecule has 1 fully saturated rings. The van der Waals surface area contributed by atoms with Crippen molar-refractivity contribution in [3.63, 3.8) is 0 Å². The second kappa shape index (κ2) is 9.15. The van der Waals surface area contributed by atoms with Gasteiger partial charge in [-0.05, 0) is 55.3 Å². The lowest BCUT2D eigenvalue weighted by atomic mass is 10.1. The van der Waals surface area contributed by atoms with Crippen molar-refractivity contribution in [2.75, 3.05) is 25.0 Å². The minimum absolute atomic E-state index is 0.0476. The smallest absolute Gasteiger partial charge is 0.262 e. The van der Waals surface area contributed by atoms with Crippen LogP contribution < -0.4 is 5.32 Å². The molecule has 1 unspecified atom stereocenters. The number of rotatable bonds is 6. The first-order valence-corrected chi connectivity index (χ1v) is 11.3. The number of benzene rings is 1. The van der Waals surface area contributed by atoms with Crippen LogP contribution in [0.15, 0.2) is 68.9 Å². The number of nitrogens with one attached hydrogen (secondary N) is 1. The van der Waals surface area contributed by atoms with Gasteiger partial charge in [0.25, 0.3) is 11.8 Å². The molecule has 2 aromatic heterocycles. The molecular formula is C24H23ClN4O4. The molecule has 0 saturated carbocycles. The summed E-state index contributed by atoms with van der Waals surface area (Å²) in [6.45, 7) is 1.41. The Hall–Kier alpha value is -3.52. The number of hydrazone groups is 1. The topological polar surface area (TPSA) is 91.3 Å². The fourth-order valence-corrected chi connectivity index (χ4v) is 4.40. The Morgan fingerprint density at radius 2 is 1.88 bits per heavy atom. The van der Waals surface area contributed by atoms with Gasteiger partial charge < -0.3 is 19.1 Å².